The van der Waals surface area contributed by atoms with Crippen LogP contribution in [0.25, 0.3) is 0 Å². The quantitative estimate of drug-likeness (QED) is 0.468. The lowest BCUT2D eigenvalue weighted by Gasteiger charge is -2.14. The van der Waals surface area contributed by atoms with Crippen LogP contribution < -0.4 is 15.4 Å². The van der Waals surface area contributed by atoms with E-state index >= 15 is 0 Å². The lowest BCUT2D eigenvalue weighted by molar-refractivity contribution is -0.385. The van der Waals surface area contributed by atoms with Gasteiger partial charge in [0, 0.05) is 19.2 Å². The third-order valence-electron chi connectivity index (χ3n) is 3.09. The monoisotopic (exact) mass is 327 g/mol. The molecule has 1 heterocycles. The maximum absolute atomic E-state index is 11.7. The van der Waals surface area contributed by atoms with Gasteiger partial charge in [0.05, 0.1) is 4.92 Å². The molecule has 0 atom stereocenters. The predicted octanol–water partition coefficient (Wildman–Crippen LogP) is 1.43. The Kier molecular flexibility index (Phi) is 7.34. The van der Waals surface area contributed by atoms with Crippen molar-refractivity contribution in [3.05, 3.63) is 46.0 Å². The minimum atomic E-state index is -0.535. The number of benzene rings is 1. The highest BCUT2D eigenvalue weighted by molar-refractivity contribution is 5.85. The maximum Gasteiger partial charge on any atom is 0.310 e. The van der Waals surface area contributed by atoms with E-state index in [4.69, 9.17) is 4.74 Å². The molecular formula is C14H18ClN3O4. The van der Waals surface area contributed by atoms with Crippen molar-refractivity contribution in [3.63, 3.8) is 0 Å². The number of rotatable bonds is 6. The number of ether oxygens (including phenoxy) is 1. The number of carbonyl (C=O) groups excluding carboxylic acids is 1. The first-order valence-electron chi connectivity index (χ1n) is 6.68. The van der Waals surface area contributed by atoms with Crippen molar-refractivity contribution in [2.24, 2.45) is 0 Å². The van der Waals surface area contributed by atoms with Gasteiger partial charge in [-0.2, -0.15) is 0 Å². The second kappa shape index (κ2) is 9.01. The Hall–Kier alpha value is -2.12. The van der Waals surface area contributed by atoms with Gasteiger partial charge in [-0.1, -0.05) is 23.8 Å². The molecule has 0 radical (unpaired) electrons. The number of para-hydroxylation sites is 2. The first kappa shape index (κ1) is 17.9. The fraction of sp³-hybridized carbons (Fsp3) is 0.357. The second-order valence-corrected chi connectivity index (χ2v) is 4.61. The number of amides is 1. The van der Waals surface area contributed by atoms with Gasteiger partial charge in [0.25, 0.3) is 5.91 Å². The van der Waals surface area contributed by atoms with Gasteiger partial charge in [0.15, 0.2) is 12.4 Å². The summed E-state index contributed by atoms with van der Waals surface area (Å²) >= 11 is 0. The molecule has 1 aromatic carbocycles. The number of nitro benzene ring substituents is 1. The fourth-order valence-electron chi connectivity index (χ4n) is 1.97. The van der Waals surface area contributed by atoms with Gasteiger partial charge in [0.2, 0.25) is 0 Å². The lowest BCUT2D eigenvalue weighted by Crippen LogP contribution is -2.32. The molecule has 8 heteroatoms. The standard InChI is InChI=1S/C14H17N3O4.ClH/c18-14(16-9-11-5-7-15-8-6-11)10-21-13-4-2-1-3-12(13)17(19)20;/h1-5,15H,6-10H2,(H,16,18);1H. The first-order valence-corrected chi connectivity index (χ1v) is 6.68. The molecular weight excluding hydrogens is 310 g/mol. The summed E-state index contributed by atoms with van der Waals surface area (Å²) in [5.74, 6) is -0.202. The maximum atomic E-state index is 11.7. The SMILES string of the molecule is Cl.O=C(COc1ccccc1[N+](=O)[O-])NCC1=CCNCC1. The van der Waals surface area contributed by atoms with Gasteiger partial charge in [-0.05, 0) is 19.0 Å². The molecule has 1 aliphatic rings. The molecule has 0 saturated carbocycles. The van der Waals surface area contributed by atoms with Gasteiger partial charge in [-0.25, -0.2) is 0 Å². The molecule has 1 aromatic rings. The van der Waals surface area contributed by atoms with Crippen molar-refractivity contribution in [2.75, 3.05) is 26.2 Å². The summed E-state index contributed by atoms with van der Waals surface area (Å²) in [5, 5.41) is 16.7. The highest BCUT2D eigenvalue weighted by atomic mass is 35.5. The summed E-state index contributed by atoms with van der Waals surface area (Å²) < 4.78 is 5.21. The van der Waals surface area contributed by atoms with Crippen LogP contribution in [0.2, 0.25) is 0 Å². The highest BCUT2D eigenvalue weighted by Gasteiger charge is 2.15. The Labute approximate surface area is 134 Å². The van der Waals surface area contributed by atoms with Crippen LogP contribution >= 0.6 is 12.4 Å². The average Bonchev–Trinajstić information content (AvgIpc) is 2.52. The fourth-order valence-corrected chi connectivity index (χ4v) is 1.97. The van der Waals surface area contributed by atoms with Crippen molar-refractivity contribution >= 4 is 24.0 Å². The zero-order valence-corrected chi connectivity index (χ0v) is 12.7. The Balaban J connectivity index is 0.00000242. The van der Waals surface area contributed by atoms with Crippen molar-refractivity contribution < 1.29 is 14.5 Å². The summed E-state index contributed by atoms with van der Waals surface area (Å²) in [4.78, 5) is 22.0. The molecule has 0 saturated heterocycles. The van der Waals surface area contributed by atoms with Crippen molar-refractivity contribution in [1.29, 1.82) is 0 Å². The molecule has 0 aliphatic carbocycles. The molecule has 1 amide bonds. The Morgan fingerprint density at radius 3 is 2.86 bits per heavy atom. The Morgan fingerprint density at radius 1 is 1.41 bits per heavy atom. The van der Waals surface area contributed by atoms with Crippen LogP contribution in [0.4, 0.5) is 5.69 Å². The minimum absolute atomic E-state index is 0. The van der Waals surface area contributed by atoms with E-state index in [-0.39, 0.29) is 36.4 Å². The molecule has 0 bridgehead atoms. The predicted molar refractivity (Wildman–Crippen MR) is 84.4 cm³/mol. The Morgan fingerprint density at radius 2 is 2.18 bits per heavy atom. The van der Waals surface area contributed by atoms with Crippen LogP contribution in [-0.4, -0.2) is 37.1 Å². The van der Waals surface area contributed by atoms with Crippen LogP contribution in [-0.2, 0) is 4.79 Å². The van der Waals surface area contributed by atoms with Gasteiger partial charge in [0.1, 0.15) is 0 Å². The van der Waals surface area contributed by atoms with E-state index in [1.54, 1.807) is 12.1 Å². The Bertz CT molecular complexity index is 563. The van der Waals surface area contributed by atoms with E-state index in [2.05, 4.69) is 10.6 Å². The summed E-state index contributed by atoms with van der Waals surface area (Å²) in [7, 11) is 0. The lowest BCUT2D eigenvalue weighted by atomic mass is 10.1. The molecule has 2 N–H and O–H groups in total. The van der Waals surface area contributed by atoms with Gasteiger partial charge in [-0.3, -0.25) is 14.9 Å². The van der Waals surface area contributed by atoms with Gasteiger partial charge < -0.3 is 15.4 Å². The molecule has 0 aromatic heterocycles. The highest BCUT2D eigenvalue weighted by Crippen LogP contribution is 2.25. The van der Waals surface area contributed by atoms with Crippen LogP contribution in [0.3, 0.4) is 0 Å². The van der Waals surface area contributed by atoms with E-state index in [1.807, 2.05) is 6.08 Å². The zero-order chi connectivity index (χ0) is 15.1. The van der Waals surface area contributed by atoms with Crippen LogP contribution in [0, 0.1) is 10.1 Å². The molecule has 0 fully saturated rings. The summed E-state index contributed by atoms with van der Waals surface area (Å²) in [6, 6.07) is 5.99. The van der Waals surface area contributed by atoms with E-state index in [9.17, 15) is 14.9 Å². The number of halogens is 1. The molecule has 0 unspecified atom stereocenters. The summed E-state index contributed by atoms with van der Waals surface area (Å²) in [6.45, 7) is 1.98. The first-order chi connectivity index (χ1) is 10.2. The van der Waals surface area contributed by atoms with Crippen molar-refractivity contribution in [1.82, 2.24) is 10.6 Å². The number of hydrogen-bond donors (Lipinski definition) is 2. The molecule has 22 heavy (non-hydrogen) atoms. The van der Waals surface area contributed by atoms with Gasteiger partial charge in [-0.15, -0.1) is 12.4 Å². The van der Waals surface area contributed by atoms with E-state index in [0.29, 0.717) is 6.54 Å². The molecule has 7 nitrogen and oxygen atoms in total. The van der Waals surface area contributed by atoms with Crippen LogP contribution in [0.1, 0.15) is 6.42 Å². The zero-order valence-electron chi connectivity index (χ0n) is 11.9. The van der Waals surface area contributed by atoms with E-state index in [1.165, 1.54) is 17.7 Å². The average molecular weight is 328 g/mol. The molecule has 2 rings (SSSR count). The number of nitrogens with one attached hydrogen (secondary N) is 2. The minimum Gasteiger partial charge on any atom is -0.477 e. The number of hydrogen-bond acceptors (Lipinski definition) is 5. The summed E-state index contributed by atoms with van der Waals surface area (Å²) in [6.07, 6.45) is 2.96. The number of nitro groups is 1. The third-order valence-corrected chi connectivity index (χ3v) is 3.09. The van der Waals surface area contributed by atoms with Crippen molar-refractivity contribution in [3.8, 4) is 5.75 Å². The third kappa shape index (κ3) is 5.34. The second-order valence-electron chi connectivity index (χ2n) is 4.61. The number of carbonyl (C=O) groups is 1. The largest absolute Gasteiger partial charge is 0.477 e. The normalized spacial score (nSPS) is 13.5. The van der Waals surface area contributed by atoms with Crippen LogP contribution in [0.15, 0.2) is 35.9 Å². The number of nitrogens with zero attached hydrogens (tertiary/aromatic N) is 1. The molecule has 120 valence electrons. The molecule has 1 aliphatic heterocycles. The topological polar surface area (TPSA) is 93.5 Å². The molecule has 0 spiro atoms. The van der Waals surface area contributed by atoms with E-state index in [0.717, 1.165) is 19.5 Å². The summed E-state index contributed by atoms with van der Waals surface area (Å²) in [5.41, 5.74) is 1.03. The van der Waals surface area contributed by atoms with Crippen LogP contribution in [0.5, 0.6) is 5.75 Å². The van der Waals surface area contributed by atoms with Gasteiger partial charge >= 0.3 is 5.69 Å². The van der Waals surface area contributed by atoms with Crippen molar-refractivity contribution in [2.45, 2.75) is 6.42 Å². The van der Waals surface area contributed by atoms with E-state index < -0.39 is 4.92 Å². The smallest absolute Gasteiger partial charge is 0.310 e.